The van der Waals surface area contributed by atoms with E-state index in [1.807, 2.05) is 13.0 Å². The number of amides is 1. The van der Waals surface area contributed by atoms with Gasteiger partial charge in [-0.3, -0.25) is 9.20 Å². The lowest BCUT2D eigenvalue weighted by Crippen LogP contribution is -2.27. The van der Waals surface area contributed by atoms with Crippen LogP contribution < -0.4 is 5.32 Å². The molecule has 0 spiro atoms. The fourth-order valence-electron chi connectivity index (χ4n) is 2.08. The topological polar surface area (TPSA) is 85.3 Å². The first-order valence-corrected chi connectivity index (χ1v) is 6.76. The van der Waals surface area contributed by atoms with E-state index >= 15 is 0 Å². The second-order valence-corrected chi connectivity index (χ2v) is 4.92. The number of halogens is 1. The number of nitrogens with one attached hydrogen (secondary N) is 1. The van der Waals surface area contributed by atoms with Gasteiger partial charge in [0.1, 0.15) is 5.65 Å². The lowest BCUT2D eigenvalue weighted by molar-refractivity contribution is 0.0945. The maximum Gasteiger partial charge on any atom is 0.274 e. The van der Waals surface area contributed by atoms with Gasteiger partial charge >= 0.3 is 0 Å². The van der Waals surface area contributed by atoms with Gasteiger partial charge in [-0.2, -0.15) is 9.37 Å². The summed E-state index contributed by atoms with van der Waals surface area (Å²) in [5, 5.41) is 6.31. The van der Waals surface area contributed by atoms with Crippen molar-refractivity contribution in [1.29, 1.82) is 0 Å². The first kappa shape index (κ1) is 14.2. The molecule has 0 atom stereocenters. The normalized spacial score (nSPS) is 11.0. The van der Waals surface area contributed by atoms with E-state index in [0.29, 0.717) is 23.8 Å². The molecule has 0 unspecified atom stereocenters. The Hall–Kier alpha value is -2.77. The van der Waals surface area contributed by atoms with Gasteiger partial charge in [0.2, 0.25) is 11.8 Å². The Morgan fingerprint density at radius 2 is 2.18 bits per heavy atom. The molecule has 3 rings (SSSR count). The lowest BCUT2D eigenvalue weighted by atomic mass is 10.3. The molecule has 0 saturated heterocycles. The van der Waals surface area contributed by atoms with E-state index in [0.717, 1.165) is 5.56 Å². The van der Waals surface area contributed by atoms with Gasteiger partial charge in [-0.1, -0.05) is 11.2 Å². The number of rotatable bonds is 4. The zero-order valence-corrected chi connectivity index (χ0v) is 12.1. The van der Waals surface area contributed by atoms with Crippen LogP contribution in [0.15, 0.2) is 22.9 Å². The quantitative estimate of drug-likeness (QED) is 0.788. The summed E-state index contributed by atoms with van der Waals surface area (Å²) in [5.74, 6) is -0.294. The van der Waals surface area contributed by atoms with Crippen LogP contribution in [0, 0.1) is 19.8 Å². The molecule has 1 N–H and O–H groups in total. The maximum absolute atomic E-state index is 14.2. The predicted molar refractivity (Wildman–Crippen MR) is 75.0 cm³/mol. The lowest BCUT2D eigenvalue weighted by Gasteiger charge is -2.00. The standard InChI is InChI=1S/C14H14FN5O2/c1-8-3-4-11-18-12(13(15)20(11)7-8)14(21)16-6-5-10-17-9(2)22-19-10/h3-4,7H,5-6H2,1-2H3,(H,16,21). The summed E-state index contributed by atoms with van der Waals surface area (Å²) in [6.07, 6.45) is 1.99. The number of fused-ring (bicyclic) bond motifs is 1. The van der Waals surface area contributed by atoms with E-state index in [1.54, 1.807) is 19.2 Å². The van der Waals surface area contributed by atoms with E-state index in [9.17, 15) is 9.18 Å². The third-order valence-corrected chi connectivity index (χ3v) is 3.13. The monoisotopic (exact) mass is 303 g/mol. The SMILES string of the molecule is Cc1ccc2nc(C(=O)NCCc3noc(C)n3)c(F)n2c1. The molecule has 8 heteroatoms. The molecule has 114 valence electrons. The summed E-state index contributed by atoms with van der Waals surface area (Å²) < 4.78 is 20.3. The molecular weight excluding hydrogens is 289 g/mol. The van der Waals surface area contributed by atoms with Crippen LogP contribution in [0.25, 0.3) is 5.65 Å². The zero-order valence-electron chi connectivity index (χ0n) is 12.1. The second-order valence-electron chi connectivity index (χ2n) is 4.92. The third kappa shape index (κ3) is 2.67. The fourth-order valence-corrected chi connectivity index (χ4v) is 2.08. The molecular formula is C14H14FN5O2. The third-order valence-electron chi connectivity index (χ3n) is 3.13. The number of aromatic nitrogens is 4. The molecule has 0 saturated carbocycles. The van der Waals surface area contributed by atoms with Crippen molar-refractivity contribution in [2.75, 3.05) is 6.54 Å². The summed E-state index contributed by atoms with van der Waals surface area (Å²) in [6.45, 7) is 3.79. The van der Waals surface area contributed by atoms with Gasteiger partial charge in [-0.15, -0.1) is 0 Å². The minimum atomic E-state index is -0.674. The Morgan fingerprint density at radius 3 is 2.91 bits per heavy atom. The number of carbonyl (C=O) groups is 1. The van der Waals surface area contributed by atoms with Gasteiger partial charge in [-0.05, 0) is 18.6 Å². The van der Waals surface area contributed by atoms with Gasteiger partial charge < -0.3 is 9.84 Å². The molecule has 3 heterocycles. The van der Waals surface area contributed by atoms with Crippen molar-refractivity contribution in [2.45, 2.75) is 20.3 Å². The number of hydrogen-bond donors (Lipinski definition) is 1. The summed E-state index contributed by atoms with van der Waals surface area (Å²) in [5.41, 5.74) is 1.04. The average Bonchev–Trinajstić information content (AvgIpc) is 3.03. The molecule has 0 aliphatic heterocycles. The molecule has 0 aliphatic rings. The molecule has 3 aromatic heterocycles. The van der Waals surface area contributed by atoms with Crippen LogP contribution in [0.5, 0.6) is 0 Å². The highest BCUT2D eigenvalue weighted by atomic mass is 19.1. The molecule has 22 heavy (non-hydrogen) atoms. The van der Waals surface area contributed by atoms with Crippen molar-refractivity contribution < 1.29 is 13.7 Å². The van der Waals surface area contributed by atoms with Crippen molar-refractivity contribution in [3.05, 3.63) is 47.2 Å². The van der Waals surface area contributed by atoms with Crippen LogP contribution in [-0.2, 0) is 6.42 Å². The number of nitrogens with zero attached hydrogens (tertiary/aromatic N) is 4. The first-order chi connectivity index (χ1) is 10.5. The van der Waals surface area contributed by atoms with Crippen molar-refractivity contribution in [3.63, 3.8) is 0 Å². The molecule has 3 aromatic rings. The molecule has 0 fully saturated rings. The van der Waals surface area contributed by atoms with E-state index in [-0.39, 0.29) is 12.2 Å². The van der Waals surface area contributed by atoms with Gasteiger partial charge in [0.05, 0.1) is 0 Å². The Kier molecular flexibility index (Phi) is 3.58. The van der Waals surface area contributed by atoms with Crippen molar-refractivity contribution >= 4 is 11.6 Å². The van der Waals surface area contributed by atoms with Gasteiger partial charge in [0, 0.05) is 26.1 Å². The summed E-state index contributed by atoms with van der Waals surface area (Å²) in [6, 6.07) is 3.47. The number of hydrogen-bond acceptors (Lipinski definition) is 5. The van der Waals surface area contributed by atoms with Crippen molar-refractivity contribution in [2.24, 2.45) is 0 Å². The van der Waals surface area contributed by atoms with Crippen LogP contribution in [0.3, 0.4) is 0 Å². The summed E-state index contributed by atoms with van der Waals surface area (Å²) >= 11 is 0. The molecule has 0 radical (unpaired) electrons. The summed E-state index contributed by atoms with van der Waals surface area (Å²) in [7, 11) is 0. The van der Waals surface area contributed by atoms with E-state index in [2.05, 4.69) is 20.4 Å². The first-order valence-electron chi connectivity index (χ1n) is 6.76. The van der Waals surface area contributed by atoms with Crippen LogP contribution in [0.2, 0.25) is 0 Å². The van der Waals surface area contributed by atoms with Crippen molar-refractivity contribution in [1.82, 2.24) is 24.8 Å². The molecule has 0 aromatic carbocycles. The van der Waals surface area contributed by atoms with Crippen LogP contribution in [-0.4, -0.2) is 32.0 Å². The van der Waals surface area contributed by atoms with E-state index in [1.165, 1.54) is 4.40 Å². The number of carbonyl (C=O) groups excluding carboxylic acids is 1. The Morgan fingerprint density at radius 1 is 1.36 bits per heavy atom. The Bertz CT molecular complexity index is 839. The Labute approximate surface area is 125 Å². The zero-order chi connectivity index (χ0) is 15.7. The second kappa shape index (κ2) is 5.55. The van der Waals surface area contributed by atoms with Gasteiger partial charge in [-0.25, -0.2) is 4.98 Å². The number of imidazole rings is 1. The van der Waals surface area contributed by atoms with E-state index in [4.69, 9.17) is 4.52 Å². The van der Waals surface area contributed by atoms with E-state index < -0.39 is 11.9 Å². The van der Waals surface area contributed by atoms with Crippen molar-refractivity contribution in [3.8, 4) is 0 Å². The molecule has 0 bridgehead atoms. The Balaban J connectivity index is 1.71. The number of aryl methyl sites for hydroxylation is 2. The highest BCUT2D eigenvalue weighted by molar-refractivity contribution is 5.93. The van der Waals surface area contributed by atoms with Crippen LogP contribution in [0.1, 0.15) is 27.8 Å². The largest absolute Gasteiger partial charge is 0.350 e. The minimum absolute atomic E-state index is 0.227. The molecule has 1 amide bonds. The highest BCUT2D eigenvalue weighted by Crippen LogP contribution is 2.12. The molecule has 0 aliphatic carbocycles. The predicted octanol–water partition coefficient (Wildman–Crippen LogP) is 1.45. The fraction of sp³-hybridized carbons (Fsp3) is 0.286. The average molecular weight is 303 g/mol. The minimum Gasteiger partial charge on any atom is -0.350 e. The maximum atomic E-state index is 14.2. The van der Waals surface area contributed by atoms with Gasteiger partial charge in [0.25, 0.3) is 5.91 Å². The highest BCUT2D eigenvalue weighted by Gasteiger charge is 2.18. The summed E-state index contributed by atoms with van der Waals surface area (Å²) in [4.78, 5) is 20.1. The smallest absolute Gasteiger partial charge is 0.274 e. The molecule has 7 nitrogen and oxygen atoms in total. The van der Waals surface area contributed by atoms with Crippen LogP contribution >= 0.6 is 0 Å². The van der Waals surface area contributed by atoms with Gasteiger partial charge in [0.15, 0.2) is 11.5 Å². The number of pyridine rings is 1. The van der Waals surface area contributed by atoms with Crippen LogP contribution in [0.4, 0.5) is 4.39 Å².